The third-order valence-corrected chi connectivity index (χ3v) is 3.28. The molecule has 1 rings (SSSR count). The summed E-state index contributed by atoms with van der Waals surface area (Å²) in [5.74, 6) is 0.338. The van der Waals surface area contributed by atoms with Crippen LogP contribution >= 0.6 is 0 Å². The lowest BCUT2D eigenvalue weighted by molar-refractivity contribution is -0.108. The van der Waals surface area contributed by atoms with Crippen LogP contribution in [0.25, 0.3) is 0 Å². The standard InChI is InChI=1S/C18H26N2O5/c1-18(2,3)25-17(23)20(6)15(10-11-21)13-8-7-9-14(12-13)24-16(22)19(4)5/h7-9,11-12,15H,10H2,1-6H3. The zero-order valence-electron chi connectivity index (χ0n) is 15.6. The molecule has 138 valence electrons. The number of amides is 2. The van der Waals surface area contributed by atoms with Gasteiger partial charge in [0.15, 0.2) is 0 Å². The van der Waals surface area contributed by atoms with E-state index in [0.29, 0.717) is 11.3 Å². The summed E-state index contributed by atoms with van der Waals surface area (Å²) in [6, 6.07) is 6.22. The topological polar surface area (TPSA) is 76.2 Å². The van der Waals surface area contributed by atoms with Crippen molar-refractivity contribution in [3.8, 4) is 5.75 Å². The average molecular weight is 350 g/mol. The second-order valence-corrected chi connectivity index (χ2v) is 6.84. The van der Waals surface area contributed by atoms with Gasteiger partial charge in [-0.2, -0.15) is 0 Å². The number of hydrogen-bond donors (Lipinski definition) is 0. The molecule has 0 bridgehead atoms. The summed E-state index contributed by atoms with van der Waals surface area (Å²) in [5.41, 5.74) is 0.0321. The van der Waals surface area contributed by atoms with Crippen LogP contribution in [0.5, 0.6) is 5.75 Å². The monoisotopic (exact) mass is 350 g/mol. The molecule has 25 heavy (non-hydrogen) atoms. The minimum atomic E-state index is -0.639. The number of nitrogens with zero attached hydrogens (tertiary/aromatic N) is 2. The second kappa shape index (κ2) is 8.50. The Balaban J connectivity index is 3.04. The van der Waals surface area contributed by atoms with E-state index in [-0.39, 0.29) is 6.42 Å². The third kappa shape index (κ3) is 6.45. The number of ether oxygens (including phenoxy) is 2. The Morgan fingerprint density at radius 2 is 1.80 bits per heavy atom. The second-order valence-electron chi connectivity index (χ2n) is 6.84. The van der Waals surface area contributed by atoms with E-state index in [1.807, 2.05) is 0 Å². The van der Waals surface area contributed by atoms with E-state index in [4.69, 9.17) is 9.47 Å². The van der Waals surface area contributed by atoms with Crippen molar-refractivity contribution in [2.75, 3.05) is 21.1 Å². The lowest BCUT2D eigenvalue weighted by Gasteiger charge is -2.30. The SMILES string of the molecule is CN(C)C(=O)Oc1cccc(C(CC=O)N(C)C(=O)OC(C)(C)C)c1. The van der Waals surface area contributed by atoms with Gasteiger partial charge in [-0.25, -0.2) is 9.59 Å². The van der Waals surface area contributed by atoms with E-state index in [1.54, 1.807) is 66.2 Å². The van der Waals surface area contributed by atoms with Crippen molar-refractivity contribution >= 4 is 18.5 Å². The predicted molar refractivity (Wildman–Crippen MR) is 93.6 cm³/mol. The van der Waals surface area contributed by atoms with Crippen molar-refractivity contribution in [1.82, 2.24) is 9.80 Å². The molecule has 7 heteroatoms. The van der Waals surface area contributed by atoms with Crippen molar-refractivity contribution in [3.63, 3.8) is 0 Å². The summed E-state index contributed by atoms with van der Waals surface area (Å²) in [7, 11) is 4.73. The summed E-state index contributed by atoms with van der Waals surface area (Å²) >= 11 is 0. The molecule has 0 saturated carbocycles. The van der Waals surface area contributed by atoms with Crippen molar-refractivity contribution < 1.29 is 23.9 Å². The Morgan fingerprint density at radius 1 is 1.16 bits per heavy atom. The molecule has 0 aliphatic heterocycles. The van der Waals surface area contributed by atoms with Gasteiger partial charge in [-0.3, -0.25) is 0 Å². The molecule has 0 heterocycles. The summed E-state index contributed by atoms with van der Waals surface area (Å²) in [5, 5.41) is 0. The van der Waals surface area contributed by atoms with E-state index in [9.17, 15) is 14.4 Å². The summed E-state index contributed by atoms with van der Waals surface area (Å²) in [6.45, 7) is 5.32. The maximum atomic E-state index is 12.3. The van der Waals surface area contributed by atoms with Crippen molar-refractivity contribution in [3.05, 3.63) is 29.8 Å². The zero-order valence-corrected chi connectivity index (χ0v) is 15.6. The number of hydrogen-bond acceptors (Lipinski definition) is 5. The smallest absolute Gasteiger partial charge is 0.414 e. The number of aldehydes is 1. The first-order chi connectivity index (χ1) is 11.5. The number of benzene rings is 1. The van der Waals surface area contributed by atoms with Crippen LogP contribution in [-0.2, 0) is 9.53 Å². The van der Waals surface area contributed by atoms with Gasteiger partial charge in [-0.1, -0.05) is 12.1 Å². The Labute approximate surface area is 148 Å². The fraction of sp³-hybridized carbons (Fsp3) is 0.500. The minimum Gasteiger partial charge on any atom is -0.444 e. The van der Waals surface area contributed by atoms with Gasteiger partial charge in [0.25, 0.3) is 0 Å². The molecule has 0 saturated heterocycles. The Kier molecular flexibility index (Phi) is 6.97. The van der Waals surface area contributed by atoms with E-state index in [1.165, 1.54) is 9.80 Å². The highest BCUT2D eigenvalue weighted by molar-refractivity contribution is 5.71. The first-order valence-electron chi connectivity index (χ1n) is 7.93. The lowest BCUT2D eigenvalue weighted by Crippen LogP contribution is -2.36. The number of carbonyl (C=O) groups is 3. The fourth-order valence-electron chi connectivity index (χ4n) is 2.05. The van der Waals surface area contributed by atoms with Gasteiger partial charge in [-0.05, 0) is 38.5 Å². The highest BCUT2D eigenvalue weighted by Gasteiger charge is 2.26. The van der Waals surface area contributed by atoms with Gasteiger partial charge < -0.3 is 24.1 Å². The highest BCUT2D eigenvalue weighted by Crippen LogP contribution is 2.27. The fourth-order valence-corrected chi connectivity index (χ4v) is 2.05. The Bertz CT molecular complexity index is 622. The first kappa shape index (κ1) is 20.5. The molecular weight excluding hydrogens is 324 g/mol. The van der Waals surface area contributed by atoms with E-state index in [2.05, 4.69) is 0 Å². The maximum absolute atomic E-state index is 12.3. The van der Waals surface area contributed by atoms with Crippen LogP contribution in [0, 0.1) is 0 Å². The Morgan fingerprint density at radius 3 is 2.32 bits per heavy atom. The molecule has 0 aliphatic rings. The van der Waals surface area contributed by atoms with Crippen LogP contribution in [0.3, 0.4) is 0 Å². The third-order valence-electron chi connectivity index (χ3n) is 3.28. The summed E-state index contributed by atoms with van der Waals surface area (Å²) in [4.78, 5) is 37.7. The molecule has 0 aromatic heterocycles. The molecule has 7 nitrogen and oxygen atoms in total. The van der Waals surface area contributed by atoms with Gasteiger partial charge in [0.05, 0.1) is 6.04 Å². The van der Waals surface area contributed by atoms with Crippen LogP contribution in [0.2, 0.25) is 0 Å². The summed E-state index contributed by atoms with van der Waals surface area (Å²) < 4.78 is 10.6. The normalized spacial score (nSPS) is 12.1. The highest BCUT2D eigenvalue weighted by atomic mass is 16.6. The van der Waals surface area contributed by atoms with Crippen molar-refractivity contribution in [2.45, 2.75) is 38.8 Å². The molecule has 0 N–H and O–H groups in total. The lowest BCUT2D eigenvalue weighted by atomic mass is 10.0. The molecular formula is C18H26N2O5. The van der Waals surface area contributed by atoms with E-state index in [0.717, 1.165) is 6.29 Å². The van der Waals surface area contributed by atoms with Crippen LogP contribution < -0.4 is 4.74 Å². The molecule has 0 fully saturated rings. The van der Waals surface area contributed by atoms with Gasteiger partial charge in [0.2, 0.25) is 0 Å². The van der Waals surface area contributed by atoms with Gasteiger partial charge in [-0.15, -0.1) is 0 Å². The molecule has 1 aromatic carbocycles. The van der Waals surface area contributed by atoms with Crippen molar-refractivity contribution in [2.24, 2.45) is 0 Å². The van der Waals surface area contributed by atoms with Crippen LogP contribution in [0.4, 0.5) is 9.59 Å². The van der Waals surface area contributed by atoms with Crippen molar-refractivity contribution in [1.29, 1.82) is 0 Å². The first-order valence-corrected chi connectivity index (χ1v) is 7.93. The van der Waals surface area contributed by atoms with Gasteiger partial charge in [0, 0.05) is 27.6 Å². The molecule has 1 unspecified atom stereocenters. The predicted octanol–water partition coefficient (Wildman–Crippen LogP) is 3.24. The minimum absolute atomic E-state index is 0.0980. The zero-order chi connectivity index (χ0) is 19.2. The molecule has 2 amide bonds. The van der Waals surface area contributed by atoms with E-state index >= 15 is 0 Å². The molecule has 0 spiro atoms. The quantitative estimate of drug-likeness (QED) is 0.762. The van der Waals surface area contributed by atoms with Crippen LogP contribution in [0.1, 0.15) is 38.8 Å². The summed E-state index contributed by atoms with van der Waals surface area (Å²) in [6.07, 6.45) is -0.204. The van der Waals surface area contributed by atoms with Crippen LogP contribution in [-0.4, -0.2) is 55.0 Å². The van der Waals surface area contributed by atoms with Gasteiger partial charge >= 0.3 is 12.2 Å². The largest absolute Gasteiger partial charge is 0.444 e. The molecule has 1 aromatic rings. The molecule has 1 atom stereocenters. The number of rotatable bonds is 5. The Hall–Kier alpha value is -2.57. The molecule has 0 radical (unpaired) electrons. The number of carbonyl (C=O) groups excluding carboxylic acids is 3. The van der Waals surface area contributed by atoms with E-state index < -0.39 is 23.8 Å². The average Bonchev–Trinajstić information content (AvgIpc) is 2.50. The maximum Gasteiger partial charge on any atom is 0.414 e. The molecule has 0 aliphatic carbocycles. The van der Waals surface area contributed by atoms with Crippen LogP contribution in [0.15, 0.2) is 24.3 Å². The van der Waals surface area contributed by atoms with Gasteiger partial charge in [0.1, 0.15) is 17.6 Å².